The number of rotatable bonds is 7. The number of hydrogen-bond donors (Lipinski definition) is 3. The Morgan fingerprint density at radius 1 is 1.21 bits per heavy atom. The minimum absolute atomic E-state index is 0.362. The van der Waals surface area contributed by atoms with Crippen molar-refractivity contribution < 1.29 is 9.90 Å². The second-order valence-electron chi connectivity index (χ2n) is 8.13. The molecule has 0 spiro atoms. The van der Waals surface area contributed by atoms with E-state index in [1.807, 2.05) is 30.5 Å². The van der Waals surface area contributed by atoms with E-state index < -0.39 is 5.91 Å². The number of aryl methyl sites for hydroxylation is 1. The molecule has 4 rings (SSSR count). The highest BCUT2D eigenvalue weighted by Gasteiger charge is 2.21. The summed E-state index contributed by atoms with van der Waals surface area (Å²) in [5.74, 6) is 0.485. The van der Waals surface area contributed by atoms with Crippen molar-refractivity contribution >= 4 is 16.8 Å². The van der Waals surface area contributed by atoms with E-state index in [4.69, 9.17) is 5.73 Å². The molecule has 1 atom stereocenters. The highest BCUT2D eigenvalue weighted by Crippen LogP contribution is 2.29. The van der Waals surface area contributed by atoms with Gasteiger partial charge in [0.05, 0.1) is 0 Å². The predicted molar refractivity (Wildman–Crippen MR) is 116 cm³/mol. The Labute approximate surface area is 171 Å². The second kappa shape index (κ2) is 8.70. The number of aromatic hydroxyl groups is 1. The number of unbranched alkanes of at least 4 members (excludes halogenated alkanes) is 1. The highest BCUT2D eigenvalue weighted by molar-refractivity contribution is 5.97. The molecule has 0 aliphatic carbocycles. The number of phenols is 1. The zero-order valence-corrected chi connectivity index (χ0v) is 16.7. The molecule has 0 bridgehead atoms. The smallest absolute Gasteiger partial charge is 0.248 e. The third-order valence-electron chi connectivity index (χ3n) is 6.07. The number of aromatic nitrogens is 1. The Balaban J connectivity index is 1.28. The molecule has 5 heteroatoms. The summed E-state index contributed by atoms with van der Waals surface area (Å²) in [6.07, 6.45) is 7.79. The van der Waals surface area contributed by atoms with Crippen LogP contribution in [0.25, 0.3) is 10.9 Å². The third kappa shape index (κ3) is 4.62. The molecule has 2 aromatic carbocycles. The molecule has 3 aromatic rings. The Morgan fingerprint density at radius 2 is 2.10 bits per heavy atom. The van der Waals surface area contributed by atoms with Gasteiger partial charge in [0.25, 0.3) is 0 Å². The number of likely N-dealkylation sites (tertiary alicyclic amines) is 1. The predicted octanol–water partition coefficient (Wildman–Crippen LogP) is 4.17. The van der Waals surface area contributed by atoms with Crippen LogP contribution in [0.5, 0.6) is 5.75 Å². The van der Waals surface area contributed by atoms with Gasteiger partial charge in [-0.2, -0.15) is 0 Å². The summed E-state index contributed by atoms with van der Waals surface area (Å²) in [6.45, 7) is 3.36. The minimum Gasteiger partial charge on any atom is -0.508 e. The maximum absolute atomic E-state index is 11.3. The second-order valence-corrected chi connectivity index (χ2v) is 8.13. The molecule has 1 aliphatic rings. The molecule has 5 nitrogen and oxygen atoms in total. The molecule has 0 radical (unpaired) electrons. The van der Waals surface area contributed by atoms with E-state index in [9.17, 15) is 9.90 Å². The average molecular weight is 392 g/mol. The summed E-state index contributed by atoms with van der Waals surface area (Å²) in [7, 11) is 0. The first-order valence-electron chi connectivity index (χ1n) is 10.5. The van der Waals surface area contributed by atoms with Gasteiger partial charge in [0, 0.05) is 29.2 Å². The Bertz CT molecular complexity index is 995. The van der Waals surface area contributed by atoms with Crippen molar-refractivity contribution in [2.75, 3.05) is 19.6 Å². The van der Waals surface area contributed by atoms with Crippen LogP contribution >= 0.6 is 0 Å². The lowest BCUT2D eigenvalue weighted by Gasteiger charge is -2.33. The van der Waals surface area contributed by atoms with Crippen LogP contribution in [0.2, 0.25) is 0 Å². The lowest BCUT2D eigenvalue weighted by atomic mass is 9.90. The number of carbonyl (C=O) groups excluding carboxylic acids is 1. The van der Waals surface area contributed by atoms with Crippen molar-refractivity contribution in [2.45, 2.75) is 38.0 Å². The number of fused-ring (bicyclic) bond motifs is 1. The molecule has 1 aliphatic heterocycles. The van der Waals surface area contributed by atoms with Crippen LogP contribution in [0.15, 0.2) is 48.7 Å². The molecule has 2 heterocycles. The molecule has 0 saturated carbocycles. The largest absolute Gasteiger partial charge is 0.508 e. The minimum atomic E-state index is -0.395. The van der Waals surface area contributed by atoms with Crippen molar-refractivity contribution in [1.29, 1.82) is 0 Å². The molecular weight excluding hydrogens is 362 g/mol. The summed E-state index contributed by atoms with van der Waals surface area (Å²) < 4.78 is 0. The number of H-pyrrole nitrogens is 1. The molecule has 1 aromatic heterocycles. The number of primary amides is 1. The van der Waals surface area contributed by atoms with E-state index in [-0.39, 0.29) is 0 Å². The number of benzene rings is 2. The molecule has 1 fully saturated rings. The fourth-order valence-electron chi connectivity index (χ4n) is 4.51. The first kappa shape index (κ1) is 19.5. The standard InChI is InChI=1S/C24H29N3O2/c25-24(29)18-9-10-22-19(15-26-23(22)14-18)5-1-2-11-27-12-4-7-20(16-27)17-6-3-8-21(28)13-17/h3,6,8-10,13-15,20,26,28H,1-2,4-5,7,11-12,16H2,(H2,25,29). The lowest BCUT2D eigenvalue weighted by molar-refractivity contribution is 0.100. The summed E-state index contributed by atoms with van der Waals surface area (Å²) in [4.78, 5) is 17.2. The number of nitrogens with one attached hydrogen (secondary N) is 1. The monoisotopic (exact) mass is 391 g/mol. The van der Waals surface area contributed by atoms with Crippen molar-refractivity contribution in [3.8, 4) is 5.75 Å². The van der Waals surface area contributed by atoms with Gasteiger partial charge in [-0.3, -0.25) is 4.79 Å². The zero-order valence-electron chi connectivity index (χ0n) is 16.7. The van der Waals surface area contributed by atoms with Gasteiger partial charge < -0.3 is 20.7 Å². The highest BCUT2D eigenvalue weighted by atomic mass is 16.3. The molecule has 4 N–H and O–H groups in total. The van der Waals surface area contributed by atoms with Crippen molar-refractivity contribution in [3.63, 3.8) is 0 Å². The Hall–Kier alpha value is -2.79. The number of aromatic amines is 1. The van der Waals surface area contributed by atoms with E-state index in [0.29, 0.717) is 17.2 Å². The van der Waals surface area contributed by atoms with Gasteiger partial charge >= 0.3 is 0 Å². The van der Waals surface area contributed by atoms with Gasteiger partial charge in [-0.05, 0) is 86.5 Å². The van der Waals surface area contributed by atoms with Crippen molar-refractivity contribution in [1.82, 2.24) is 9.88 Å². The van der Waals surface area contributed by atoms with E-state index >= 15 is 0 Å². The summed E-state index contributed by atoms with van der Waals surface area (Å²) in [6, 6.07) is 13.4. The number of piperidine rings is 1. The first-order chi connectivity index (χ1) is 14.1. The third-order valence-corrected chi connectivity index (χ3v) is 6.07. The van der Waals surface area contributed by atoms with E-state index in [2.05, 4.69) is 16.0 Å². The van der Waals surface area contributed by atoms with Crippen LogP contribution in [0.4, 0.5) is 0 Å². The number of amides is 1. The fraction of sp³-hybridized carbons (Fsp3) is 0.375. The van der Waals surface area contributed by atoms with Crippen LogP contribution in [0, 0.1) is 0 Å². The van der Waals surface area contributed by atoms with Crippen molar-refractivity contribution in [2.24, 2.45) is 5.73 Å². The maximum Gasteiger partial charge on any atom is 0.248 e. The topological polar surface area (TPSA) is 82.3 Å². The van der Waals surface area contributed by atoms with E-state index in [0.717, 1.165) is 38.0 Å². The normalized spacial score (nSPS) is 17.6. The molecular formula is C24H29N3O2. The summed E-state index contributed by atoms with van der Waals surface area (Å²) in [5.41, 5.74) is 9.43. The number of phenolic OH excluding ortho intramolecular Hbond substituents is 1. The molecule has 1 saturated heterocycles. The van der Waals surface area contributed by atoms with Crippen LogP contribution in [0.3, 0.4) is 0 Å². The quantitative estimate of drug-likeness (QED) is 0.529. The number of nitrogens with zero attached hydrogens (tertiary/aromatic N) is 1. The number of carbonyl (C=O) groups is 1. The van der Waals surface area contributed by atoms with Crippen LogP contribution < -0.4 is 5.73 Å². The van der Waals surface area contributed by atoms with Crippen LogP contribution in [-0.2, 0) is 6.42 Å². The average Bonchev–Trinajstić information content (AvgIpc) is 3.14. The van der Waals surface area contributed by atoms with Gasteiger partial charge in [-0.1, -0.05) is 18.2 Å². The van der Waals surface area contributed by atoms with Crippen molar-refractivity contribution in [3.05, 3.63) is 65.4 Å². The fourth-order valence-corrected chi connectivity index (χ4v) is 4.51. The molecule has 1 amide bonds. The molecule has 29 heavy (non-hydrogen) atoms. The number of nitrogens with two attached hydrogens (primary N) is 1. The first-order valence-corrected chi connectivity index (χ1v) is 10.5. The zero-order chi connectivity index (χ0) is 20.2. The SMILES string of the molecule is NC(=O)c1ccc2c(CCCCN3CCCC(c4cccc(O)c4)C3)c[nH]c2c1. The Morgan fingerprint density at radius 3 is 2.93 bits per heavy atom. The lowest BCUT2D eigenvalue weighted by Crippen LogP contribution is -2.35. The summed E-state index contributed by atoms with van der Waals surface area (Å²) >= 11 is 0. The number of hydrogen-bond acceptors (Lipinski definition) is 3. The van der Waals surface area contributed by atoms with E-state index in [1.165, 1.54) is 35.8 Å². The Kier molecular flexibility index (Phi) is 5.86. The van der Waals surface area contributed by atoms with Gasteiger partial charge in [0.1, 0.15) is 5.75 Å². The van der Waals surface area contributed by atoms with E-state index in [1.54, 1.807) is 12.1 Å². The van der Waals surface area contributed by atoms with Gasteiger partial charge in [0.15, 0.2) is 0 Å². The summed E-state index contributed by atoms with van der Waals surface area (Å²) in [5, 5.41) is 10.9. The van der Waals surface area contributed by atoms with Crippen LogP contribution in [0.1, 0.15) is 53.1 Å². The molecule has 152 valence electrons. The maximum atomic E-state index is 11.3. The van der Waals surface area contributed by atoms with Gasteiger partial charge in [-0.15, -0.1) is 0 Å². The van der Waals surface area contributed by atoms with Gasteiger partial charge in [-0.25, -0.2) is 0 Å². The van der Waals surface area contributed by atoms with Crippen LogP contribution in [-0.4, -0.2) is 40.5 Å². The van der Waals surface area contributed by atoms with Gasteiger partial charge in [0.2, 0.25) is 5.91 Å². The molecule has 1 unspecified atom stereocenters.